The lowest BCUT2D eigenvalue weighted by molar-refractivity contribution is 0.306. The molecule has 0 amide bonds. The zero-order valence-electron chi connectivity index (χ0n) is 14.0. The van der Waals surface area contributed by atoms with E-state index >= 15 is 0 Å². The third-order valence-electron chi connectivity index (χ3n) is 4.03. The maximum absolute atomic E-state index is 8.91. The Morgan fingerprint density at radius 3 is 2.56 bits per heavy atom. The molecule has 25 heavy (non-hydrogen) atoms. The Kier molecular flexibility index (Phi) is 4.64. The number of aromatic nitrogens is 2. The minimum absolute atomic E-state index is 0.361. The first-order chi connectivity index (χ1) is 12.0. The number of nitrogens with zero attached hydrogens (tertiary/aromatic N) is 3. The van der Waals surface area contributed by atoms with E-state index in [1.165, 1.54) is 0 Å². The van der Waals surface area contributed by atoms with E-state index in [0.29, 0.717) is 28.6 Å². The second kappa shape index (κ2) is 6.88. The first-order valence-corrected chi connectivity index (χ1v) is 8.11. The number of hydrogen-bond acceptors (Lipinski definition) is 4. The molecule has 0 aliphatic carbocycles. The second-order valence-electron chi connectivity index (χ2n) is 5.69. The van der Waals surface area contributed by atoms with Crippen LogP contribution >= 0.6 is 11.6 Å². The molecule has 3 aromatic rings. The summed E-state index contributed by atoms with van der Waals surface area (Å²) in [5, 5.41) is 14.1. The highest BCUT2D eigenvalue weighted by Crippen LogP contribution is 2.27. The number of nitrogen functional groups attached to an aromatic ring is 1. The van der Waals surface area contributed by atoms with E-state index in [2.05, 4.69) is 11.2 Å². The molecule has 2 aromatic carbocycles. The van der Waals surface area contributed by atoms with Crippen LogP contribution in [0.1, 0.15) is 22.5 Å². The fraction of sp³-hybridized carbons (Fsp3) is 0.158. The summed E-state index contributed by atoms with van der Waals surface area (Å²) in [6.07, 6.45) is 0. The molecule has 0 atom stereocenters. The minimum Gasteiger partial charge on any atom is -0.487 e. The molecule has 0 fully saturated rings. The van der Waals surface area contributed by atoms with Gasteiger partial charge in [0, 0.05) is 16.3 Å². The average Bonchev–Trinajstić information content (AvgIpc) is 2.89. The monoisotopic (exact) mass is 352 g/mol. The molecule has 3 rings (SSSR count). The van der Waals surface area contributed by atoms with Gasteiger partial charge < -0.3 is 10.5 Å². The predicted octanol–water partition coefficient (Wildman–Crippen LogP) is 4.18. The lowest BCUT2D eigenvalue weighted by Crippen LogP contribution is -2.02. The van der Waals surface area contributed by atoms with Gasteiger partial charge in [-0.2, -0.15) is 10.4 Å². The van der Waals surface area contributed by atoms with Crippen molar-refractivity contribution in [2.45, 2.75) is 20.5 Å². The number of nitrogens with two attached hydrogens (primary N) is 1. The van der Waals surface area contributed by atoms with Crippen LogP contribution in [0.25, 0.3) is 5.69 Å². The largest absolute Gasteiger partial charge is 0.487 e. The predicted molar refractivity (Wildman–Crippen MR) is 97.9 cm³/mol. The van der Waals surface area contributed by atoms with Crippen molar-refractivity contribution in [2.24, 2.45) is 0 Å². The molecule has 0 aliphatic rings. The van der Waals surface area contributed by atoms with Gasteiger partial charge >= 0.3 is 0 Å². The number of benzene rings is 2. The maximum atomic E-state index is 8.91. The van der Waals surface area contributed by atoms with Gasteiger partial charge in [-0.05, 0) is 56.3 Å². The van der Waals surface area contributed by atoms with E-state index in [4.69, 9.17) is 27.3 Å². The van der Waals surface area contributed by atoms with E-state index in [9.17, 15) is 0 Å². The Labute approximate surface area is 151 Å². The molecule has 0 saturated carbocycles. The van der Waals surface area contributed by atoms with Crippen LogP contribution < -0.4 is 10.5 Å². The van der Waals surface area contributed by atoms with Crippen LogP contribution in [0.15, 0.2) is 42.5 Å². The van der Waals surface area contributed by atoms with E-state index in [0.717, 1.165) is 22.6 Å². The third-order valence-corrected chi connectivity index (χ3v) is 4.26. The van der Waals surface area contributed by atoms with Gasteiger partial charge in [0.2, 0.25) is 0 Å². The molecule has 0 radical (unpaired) electrons. The lowest BCUT2D eigenvalue weighted by atomic mass is 10.2. The van der Waals surface area contributed by atoms with Crippen molar-refractivity contribution in [2.75, 3.05) is 5.73 Å². The zero-order chi connectivity index (χ0) is 18.0. The summed E-state index contributed by atoms with van der Waals surface area (Å²) in [6.45, 7) is 4.29. The van der Waals surface area contributed by atoms with Gasteiger partial charge in [-0.3, -0.25) is 0 Å². The molecule has 6 heteroatoms. The Bertz CT molecular complexity index is 955. The standard InChI is InChI=1S/C19H17ClN4O/c1-12-17(11-25-19-8-5-15(20)9-18(19)22)13(2)24(23-12)16-6-3-14(10-21)4-7-16/h3-9H,11,22H2,1-2H3. The second-order valence-corrected chi connectivity index (χ2v) is 6.13. The van der Waals surface area contributed by atoms with E-state index < -0.39 is 0 Å². The summed E-state index contributed by atoms with van der Waals surface area (Å²) in [5.41, 5.74) is 10.8. The summed E-state index contributed by atoms with van der Waals surface area (Å²) in [7, 11) is 0. The smallest absolute Gasteiger partial charge is 0.142 e. The molecule has 1 heterocycles. The van der Waals surface area contributed by atoms with E-state index in [1.807, 2.05) is 30.7 Å². The van der Waals surface area contributed by atoms with E-state index in [1.54, 1.807) is 30.3 Å². The molecule has 1 aromatic heterocycles. The van der Waals surface area contributed by atoms with Gasteiger partial charge in [-0.1, -0.05) is 11.6 Å². The van der Waals surface area contributed by atoms with E-state index in [-0.39, 0.29) is 0 Å². The van der Waals surface area contributed by atoms with Crippen molar-refractivity contribution >= 4 is 17.3 Å². The molecule has 2 N–H and O–H groups in total. The van der Waals surface area contributed by atoms with Gasteiger partial charge in [0.05, 0.1) is 28.7 Å². The van der Waals surface area contributed by atoms with Crippen molar-refractivity contribution in [3.8, 4) is 17.5 Å². The number of rotatable bonds is 4. The summed E-state index contributed by atoms with van der Waals surface area (Å²) in [5.74, 6) is 0.592. The molecule has 126 valence electrons. The minimum atomic E-state index is 0.361. The normalized spacial score (nSPS) is 10.5. The number of nitriles is 1. The summed E-state index contributed by atoms with van der Waals surface area (Å²) >= 11 is 5.91. The average molecular weight is 353 g/mol. The van der Waals surface area contributed by atoms with Gasteiger partial charge in [-0.15, -0.1) is 0 Å². The fourth-order valence-corrected chi connectivity index (χ4v) is 2.79. The van der Waals surface area contributed by atoms with Gasteiger partial charge in [-0.25, -0.2) is 4.68 Å². The van der Waals surface area contributed by atoms with Gasteiger partial charge in [0.1, 0.15) is 12.4 Å². The highest BCUT2D eigenvalue weighted by Gasteiger charge is 2.14. The highest BCUT2D eigenvalue weighted by atomic mass is 35.5. The van der Waals surface area contributed by atoms with Crippen LogP contribution in [0, 0.1) is 25.2 Å². The summed E-state index contributed by atoms with van der Waals surface area (Å²) in [4.78, 5) is 0. The van der Waals surface area contributed by atoms with Crippen molar-refractivity contribution in [1.29, 1.82) is 5.26 Å². The van der Waals surface area contributed by atoms with Crippen molar-refractivity contribution in [3.05, 3.63) is 70.0 Å². The number of aryl methyl sites for hydroxylation is 1. The van der Waals surface area contributed by atoms with Crippen molar-refractivity contribution in [1.82, 2.24) is 9.78 Å². The van der Waals surface area contributed by atoms with Crippen LogP contribution in [0.2, 0.25) is 5.02 Å². The summed E-state index contributed by atoms with van der Waals surface area (Å²) < 4.78 is 7.69. The molecular formula is C19H17ClN4O. The Balaban J connectivity index is 1.85. The topological polar surface area (TPSA) is 76.9 Å². The molecule has 0 bridgehead atoms. The molecule has 0 spiro atoms. The van der Waals surface area contributed by atoms with Crippen LogP contribution in [-0.2, 0) is 6.61 Å². The fourth-order valence-electron chi connectivity index (χ4n) is 2.61. The zero-order valence-corrected chi connectivity index (χ0v) is 14.7. The first-order valence-electron chi connectivity index (χ1n) is 7.73. The Hall–Kier alpha value is -2.97. The molecule has 0 saturated heterocycles. The van der Waals surface area contributed by atoms with Crippen molar-refractivity contribution < 1.29 is 4.74 Å². The highest BCUT2D eigenvalue weighted by molar-refractivity contribution is 6.30. The van der Waals surface area contributed by atoms with Crippen LogP contribution in [0.5, 0.6) is 5.75 Å². The Morgan fingerprint density at radius 1 is 1.20 bits per heavy atom. The van der Waals surface area contributed by atoms with Crippen LogP contribution in [0.4, 0.5) is 5.69 Å². The number of anilines is 1. The number of halogens is 1. The number of hydrogen-bond donors (Lipinski definition) is 1. The Morgan fingerprint density at radius 2 is 1.92 bits per heavy atom. The SMILES string of the molecule is Cc1nn(-c2ccc(C#N)cc2)c(C)c1COc1ccc(Cl)cc1N. The van der Waals surface area contributed by atoms with Crippen molar-refractivity contribution in [3.63, 3.8) is 0 Å². The van der Waals surface area contributed by atoms with Gasteiger partial charge in [0.25, 0.3) is 0 Å². The number of ether oxygens (including phenoxy) is 1. The van der Waals surface area contributed by atoms with Gasteiger partial charge in [0.15, 0.2) is 0 Å². The molecule has 5 nitrogen and oxygen atoms in total. The molecule has 0 unspecified atom stereocenters. The lowest BCUT2D eigenvalue weighted by Gasteiger charge is -2.10. The third kappa shape index (κ3) is 3.44. The summed E-state index contributed by atoms with van der Waals surface area (Å²) in [6, 6.07) is 14.6. The quantitative estimate of drug-likeness (QED) is 0.715. The molecule has 0 aliphatic heterocycles. The van der Waals surface area contributed by atoms with Crippen LogP contribution in [-0.4, -0.2) is 9.78 Å². The first kappa shape index (κ1) is 16.9. The van der Waals surface area contributed by atoms with Crippen LogP contribution in [0.3, 0.4) is 0 Å². The maximum Gasteiger partial charge on any atom is 0.142 e. The molecular weight excluding hydrogens is 336 g/mol.